The molecule has 0 aliphatic carbocycles. The third-order valence-electron chi connectivity index (χ3n) is 6.44. The first-order valence-electron chi connectivity index (χ1n) is 11.7. The van der Waals surface area contributed by atoms with Crippen LogP contribution in [0.25, 0.3) is 16.6 Å². The Morgan fingerprint density at radius 3 is 2.64 bits per heavy atom. The topological polar surface area (TPSA) is 37.2 Å². The average molecular weight is 444 g/mol. The van der Waals surface area contributed by atoms with Crippen molar-refractivity contribution in [1.29, 1.82) is 0 Å². The standard InChI is InChI=1S/C27H30FN5/c1-20(2)22-16-21-8-6-11-29-27(21)26(17-22)32-13-7-12-31(14-15-32)19-25-24(28)18-33(30-25)23-9-4-3-5-10-23/h3-6,8-11,16-18,20H,7,12-15,19H2,1-2H3. The Labute approximate surface area is 194 Å². The molecule has 0 unspecified atom stereocenters. The predicted octanol–water partition coefficient (Wildman–Crippen LogP) is 5.40. The third kappa shape index (κ3) is 4.62. The molecule has 0 radical (unpaired) electrons. The smallest absolute Gasteiger partial charge is 0.166 e. The van der Waals surface area contributed by atoms with Gasteiger partial charge < -0.3 is 4.90 Å². The number of para-hydroxylation sites is 1. The number of hydrogen-bond acceptors (Lipinski definition) is 4. The Bertz CT molecular complexity index is 1230. The highest BCUT2D eigenvalue weighted by molar-refractivity contribution is 5.91. The monoisotopic (exact) mass is 443 g/mol. The first kappa shape index (κ1) is 21.6. The van der Waals surface area contributed by atoms with Gasteiger partial charge in [-0.3, -0.25) is 9.88 Å². The Morgan fingerprint density at radius 1 is 0.970 bits per heavy atom. The van der Waals surface area contributed by atoms with Crippen molar-refractivity contribution < 1.29 is 4.39 Å². The summed E-state index contributed by atoms with van der Waals surface area (Å²) in [5.74, 6) is 0.208. The summed E-state index contributed by atoms with van der Waals surface area (Å²) in [6.07, 6.45) is 4.36. The van der Waals surface area contributed by atoms with Crippen LogP contribution in [0.2, 0.25) is 0 Å². The fourth-order valence-electron chi connectivity index (χ4n) is 4.56. The van der Waals surface area contributed by atoms with E-state index in [9.17, 15) is 4.39 Å². The molecule has 0 amide bonds. The average Bonchev–Trinajstić information content (AvgIpc) is 3.04. The van der Waals surface area contributed by atoms with Crippen molar-refractivity contribution in [1.82, 2.24) is 19.7 Å². The van der Waals surface area contributed by atoms with Gasteiger partial charge in [0.15, 0.2) is 5.82 Å². The molecule has 5 nitrogen and oxygen atoms in total. The number of halogens is 1. The summed E-state index contributed by atoms with van der Waals surface area (Å²) in [6.45, 7) is 8.61. The molecule has 0 N–H and O–H groups in total. The molecule has 1 fully saturated rings. The summed E-state index contributed by atoms with van der Waals surface area (Å²) >= 11 is 0. The van der Waals surface area contributed by atoms with E-state index in [-0.39, 0.29) is 5.82 Å². The van der Waals surface area contributed by atoms with Gasteiger partial charge in [-0.25, -0.2) is 9.07 Å². The quantitative estimate of drug-likeness (QED) is 0.414. The van der Waals surface area contributed by atoms with Crippen LogP contribution in [0.3, 0.4) is 0 Å². The fourth-order valence-corrected chi connectivity index (χ4v) is 4.56. The van der Waals surface area contributed by atoms with E-state index in [1.165, 1.54) is 22.8 Å². The van der Waals surface area contributed by atoms with Gasteiger partial charge in [-0.15, -0.1) is 0 Å². The summed E-state index contributed by atoms with van der Waals surface area (Å²) < 4.78 is 16.3. The van der Waals surface area contributed by atoms with Gasteiger partial charge in [-0.2, -0.15) is 5.10 Å². The molecule has 6 heteroatoms. The number of rotatable bonds is 5. The maximum atomic E-state index is 14.7. The molecule has 33 heavy (non-hydrogen) atoms. The van der Waals surface area contributed by atoms with Crippen LogP contribution in [0.5, 0.6) is 0 Å². The normalized spacial score (nSPS) is 15.3. The van der Waals surface area contributed by atoms with Gasteiger partial charge in [0.2, 0.25) is 0 Å². The van der Waals surface area contributed by atoms with E-state index in [0.29, 0.717) is 18.2 Å². The molecule has 5 rings (SSSR count). The molecule has 4 aromatic rings. The maximum absolute atomic E-state index is 14.7. The molecule has 2 aromatic heterocycles. The van der Waals surface area contributed by atoms with Crippen molar-refractivity contribution in [2.45, 2.75) is 32.7 Å². The van der Waals surface area contributed by atoms with E-state index >= 15 is 0 Å². The number of benzene rings is 2. The Kier molecular flexibility index (Phi) is 6.09. The molecule has 170 valence electrons. The van der Waals surface area contributed by atoms with E-state index in [4.69, 9.17) is 4.98 Å². The summed E-state index contributed by atoms with van der Waals surface area (Å²) in [5.41, 5.74) is 4.97. The summed E-state index contributed by atoms with van der Waals surface area (Å²) in [6, 6.07) is 18.4. The Morgan fingerprint density at radius 2 is 1.82 bits per heavy atom. The number of aromatic nitrogens is 3. The van der Waals surface area contributed by atoms with Crippen LogP contribution in [0.15, 0.2) is 67.0 Å². The molecule has 2 aromatic carbocycles. The van der Waals surface area contributed by atoms with Gasteiger partial charge in [-0.1, -0.05) is 38.1 Å². The van der Waals surface area contributed by atoms with Crippen LogP contribution in [0, 0.1) is 5.82 Å². The second-order valence-electron chi connectivity index (χ2n) is 9.09. The fraction of sp³-hybridized carbons (Fsp3) is 0.333. The van der Waals surface area contributed by atoms with Crippen molar-refractivity contribution in [2.75, 3.05) is 31.1 Å². The van der Waals surface area contributed by atoms with E-state index in [1.54, 1.807) is 4.68 Å². The van der Waals surface area contributed by atoms with Crippen molar-refractivity contribution in [3.63, 3.8) is 0 Å². The molecular weight excluding hydrogens is 413 g/mol. The SMILES string of the molecule is CC(C)c1cc(N2CCCN(Cc3nn(-c4ccccc4)cc3F)CC2)c2ncccc2c1. The molecule has 1 aliphatic rings. The molecule has 0 bridgehead atoms. The van der Waals surface area contributed by atoms with Crippen LogP contribution in [-0.4, -0.2) is 45.8 Å². The minimum absolute atomic E-state index is 0.250. The van der Waals surface area contributed by atoms with Gasteiger partial charge in [-0.05, 0) is 48.2 Å². The summed E-state index contributed by atoms with van der Waals surface area (Å²) in [7, 11) is 0. The van der Waals surface area contributed by atoms with Crippen LogP contribution >= 0.6 is 0 Å². The number of pyridine rings is 1. The number of hydrogen-bond donors (Lipinski definition) is 0. The minimum atomic E-state index is -0.250. The predicted molar refractivity (Wildman–Crippen MR) is 131 cm³/mol. The van der Waals surface area contributed by atoms with Gasteiger partial charge in [0.05, 0.1) is 23.1 Å². The second kappa shape index (κ2) is 9.32. The highest BCUT2D eigenvalue weighted by atomic mass is 19.1. The van der Waals surface area contributed by atoms with Crippen LogP contribution < -0.4 is 4.90 Å². The molecule has 1 saturated heterocycles. The number of fused-ring (bicyclic) bond motifs is 1. The molecule has 0 spiro atoms. The highest BCUT2D eigenvalue weighted by Gasteiger charge is 2.21. The maximum Gasteiger partial charge on any atom is 0.166 e. The van der Waals surface area contributed by atoms with E-state index in [2.05, 4.69) is 46.9 Å². The van der Waals surface area contributed by atoms with Crippen molar-refractivity contribution in [3.05, 3.63) is 84.1 Å². The van der Waals surface area contributed by atoms with Crippen LogP contribution in [0.4, 0.5) is 10.1 Å². The molecule has 1 aliphatic heterocycles. The van der Waals surface area contributed by atoms with Gasteiger partial charge in [0.1, 0.15) is 5.69 Å². The lowest BCUT2D eigenvalue weighted by atomic mass is 9.99. The highest BCUT2D eigenvalue weighted by Crippen LogP contribution is 2.31. The molecular formula is C27H30FN5. The van der Waals surface area contributed by atoms with Crippen LogP contribution in [0.1, 0.15) is 37.4 Å². The van der Waals surface area contributed by atoms with E-state index < -0.39 is 0 Å². The second-order valence-corrected chi connectivity index (χ2v) is 9.09. The van der Waals surface area contributed by atoms with Gasteiger partial charge in [0.25, 0.3) is 0 Å². The lowest BCUT2D eigenvalue weighted by molar-refractivity contribution is 0.277. The zero-order valence-electron chi connectivity index (χ0n) is 19.3. The number of anilines is 1. The Hall–Kier alpha value is -3.25. The van der Waals surface area contributed by atoms with E-state index in [0.717, 1.165) is 43.8 Å². The third-order valence-corrected chi connectivity index (χ3v) is 6.44. The van der Waals surface area contributed by atoms with Crippen molar-refractivity contribution in [2.24, 2.45) is 0 Å². The lowest BCUT2D eigenvalue weighted by Crippen LogP contribution is -2.31. The summed E-state index contributed by atoms with van der Waals surface area (Å²) in [5, 5.41) is 5.72. The summed E-state index contributed by atoms with van der Waals surface area (Å²) in [4.78, 5) is 9.45. The molecule has 0 saturated carbocycles. The molecule has 0 atom stereocenters. The largest absolute Gasteiger partial charge is 0.368 e. The first-order chi connectivity index (χ1) is 16.1. The van der Waals surface area contributed by atoms with Crippen molar-refractivity contribution >= 4 is 16.6 Å². The van der Waals surface area contributed by atoms with Crippen LogP contribution in [-0.2, 0) is 6.54 Å². The van der Waals surface area contributed by atoms with Gasteiger partial charge >= 0.3 is 0 Å². The van der Waals surface area contributed by atoms with Crippen molar-refractivity contribution in [3.8, 4) is 5.69 Å². The van der Waals surface area contributed by atoms with Gasteiger partial charge in [0, 0.05) is 44.3 Å². The first-order valence-corrected chi connectivity index (χ1v) is 11.7. The Balaban J connectivity index is 1.34. The minimum Gasteiger partial charge on any atom is -0.368 e. The van der Waals surface area contributed by atoms with E-state index in [1.807, 2.05) is 42.6 Å². The lowest BCUT2D eigenvalue weighted by Gasteiger charge is -2.25. The zero-order chi connectivity index (χ0) is 22.8. The molecule has 3 heterocycles. The zero-order valence-corrected chi connectivity index (χ0v) is 19.3. The number of nitrogens with zero attached hydrogens (tertiary/aromatic N) is 5.